The highest BCUT2D eigenvalue weighted by atomic mass is 32.1. The van der Waals surface area contributed by atoms with Crippen LogP contribution in [0.4, 0.5) is 0 Å². The van der Waals surface area contributed by atoms with Gasteiger partial charge in [-0.05, 0) is 11.4 Å². The van der Waals surface area contributed by atoms with Crippen LogP contribution < -0.4 is 5.43 Å². The van der Waals surface area contributed by atoms with E-state index in [1.165, 1.54) is 23.3 Å². The Hall–Kier alpha value is -1.92. The molecule has 0 aliphatic carbocycles. The molecule has 6 heteroatoms. The number of thiophene rings is 1. The summed E-state index contributed by atoms with van der Waals surface area (Å²) >= 11 is 1.75. The highest BCUT2D eigenvalue weighted by Crippen LogP contribution is 2.14. The van der Waals surface area contributed by atoms with Gasteiger partial charge in [-0.25, -0.2) is 0 Å². The maximum Gasteiger partial charge on any atom is 0.259 e. The Morgan fingerprint density at radius 3 is 2.71 bits per heavy atom. The third kappa shape index (κ3) is 3.22. The Morgan fingerprint density at radius 2 is 2.05 bits per heavy atom. The number of hydrogen-bond donors (Lipinski definition) is 1. The number of rotatable bonds is 3. The van der Waals surface area contributed by atoms with E-state index in [4.69, 9.17) is 0 Å². The smallest absolute Gasteiger partial charge is 0.259 e. The second-order valence-corrected chi connectivity index (χ2v) is 6.10. The molecule has 3 heterocycles. The molecule has 21 heavy (non-hydrogen) atoms. The fraction of sp³-hybridized carbons (Fsp3) is 0.333. The molecule has 1 fully saturated rings. The molecule has 1 amide bonds. The molecule has 1 aliphatic rings. The number of piperazine rings is 1. The van der Waals surface area contributed by atoms with Crippen LogP contribution in [0.25, 0.3) is 0 Å². The lowest BCUT2D eigenvalue weighted by atomic mass is 10.2. The van der Waals surface area contributed by atoms with Crippen molar-refractivity contribution in [3.05, 3.63) is 56.6 Å². The first-order chi connectivity index (χ1) is 10.2. The van der Waals surface area contributed by atoms with Crippen LogP contribution in [-0.4, -0.2) is 46.9 Å². The molecular formula is C15H17N3O2S. The van der Waals surface area contributed by atoms with Crippen LogP contribution in [-0.2, 0) is 6.54 Å². The van der Waals surface area contributed by atoms with E-state index in [-0.39, 0.29) is 16.9 Å². The summed E-state index contributed by atoms with van der Waals surface area (Å²) in [4.78, 5) is 32.3. The van der Waals surface area contributed by atoms with Crippen LogP contribution in [0.2, 0.25) is 0 Å². The number of H-pyrrole nitrogens is 1. The summed E-state index contributed by atoms with van der Waals surface area (Å²) in [5, 5.41) is 2.08. The van der Waals surface area contributed by atoms with Crippen molar-refractivity contribution in [2.45, 2.75) is 6.54 Å². The molecule has 1 aliphatic heterocycles. The Labute approximate surface area is 126 Å². The lowest BCUT2D eigenvalue weighted by Crippen LogP contribution is -2.49. The number of hydrogen-bond acceptors (Lipinski definition) is 4. The van der Waals surface area contributed by atoms with Gasteiger partial charge in [0.25, 0.3) is 5.91 Å². The van der Waals surface area contributed by atoms with Crippen LogP contribution in [0, 0.1) is 0 Å². The number of nitrogens with zero attached hydrogens (tertiary/aromatic N) is 2. The zero-order chi connectivity index (χ0) is 14.7. The number of aromatic amines is 1. The van der Waals surface area contributed by atoms with Gasteiger partial charge in [0.2, 0.25) is 0 Å². The van der Waals surface area contributed by atoms with Crippen molar-refractivity contribution < 1.29 is 4.79 Å². The number of pyridine rings is 1. The van der Waals surface area contributed by atoms with Crippen LogP contribution in [0.15, 0.2) is 40.8 Å². The minimum Gasteiger partial charge on any atom is -0.367 e. The predicted molar refractivity (Wildman–Crippen MR) is 82.6 cm³/mol. The van der Waals surface area contributed by atoms with Crippen molar-refractivity contribution >= 4 is 17.2 Å². The summed E-state index contributed by atoms with van der Waals surface area (Å²) in [5.74, 6) is -0.173. The van der Waals surface area contributed by atoms with Crippen molar-refractivity contribution in [3.8, 4) is 0 Å². The zero-order valence-corrected chi connectivity index (χ0v) is 12.4. The molecule has 0 atom stereocenters. The third-order valence-corrected chi connectivity index (χ3v) is 4.53. The van der Waals surface area contributed by atoms with E-state index < -0.39 is 0 Å². The largest absolute Gasteiger partial charge is 0.367 e. The average Bonchev–Trinajstić information content (AvgIpc) is 3.01. The minimum atomic E-state index is -0.222. The molecule has 0 unspecified atom stereocenters. The maximum atomic E-state index is 12.3. The molecule has 5 nitrogen and oxygen atoms in total. The van der Waals surface area contributed by atoms with E-state index in [2.05, 4.69) is 27.4 Å². The second-order valence-electron chi connectivity index (χ2n) is 5.07. The lowest BCUT2D eigenvalue weighted by Gasteiger charge is -2.34. The number of carbonyl (C=O) groups excluding carboxylic acids is 1. The summed E-state index contributed by atoms with van der Waals surface area (Å²) in [6, 6.07) is 5.58. The minimum absolute atomic E-state index is 0.173. The Bertz CT molecular complexity index is 658. The topological polar surface area (TPSA) is 56.4 Å². The SMILES string of the molecule is O=C(c1c[nH]ccc1=O)N1CCN(Cc2cccs2)CC1. The molecule has 1 N–H and O–H groups in total. The molecule has 2 aromatic rings. The van der Waals surface area contributed by atoms with Gasteiger partial charge < -0.3 is 9.88 Å². The molecule has 1 saturated heterocycles. The van der Waals surface area contributed by atoms with Gasteiger partial charge in [-0.3, -0.25) is 14.5 Å². The molecule has 0 saturated carbocycles. The van der Waals surface area contributed by atoms with Crippen molar-refractivity contribution in [2.24, 2.45) is 0 Å². The molecule has 0 radical (unpaired) electrons. The Kier molecular flexibility index (Phi) is 4.17. The monoisotopic (exact) mass is 303 g/mol. The Morgan fingerprint density at radius 1 is 1.24 bits per heavy atom. The van der Waals surface area contributed by atoms with E-state index in [1.807, 2.05) is 0 Å². The van der Waals surface area contributed by atoms with Crippen LogP contribution in [0.5, 0.6) is 0 Å². The molecular weight excluding hydrogens is 286 g/mol. The summed E-state index contributed by atoms with van der Waals surface area (Å²) < 4.78 is 0. The number of amides is 1. The van der Waals surface area contributed by atoms with E-state index in [0.717, 1.165) is 19.6 Å². The van der Waals surface area contributed by atoms with Crippen molar-refractivity contribution in [1.82, 2.24) is 14.8 Å². The standard InChI is InChI=1S/C15H17N3O2S/c19-14-3-4-16-10-13(14)15(20)18-7-5-17(6-8-18)11-12-2-1-9-21-12/h1-4,9-10H,5-8,11H2,(H,16,19). The second kappa shape index (κ2) is 6.24. The first kappa shape index (κ1) is 14.0. The van der Waals surface area contributed by atoms with E-state index in [0.29, 0.717) is 13.1 Å². The van der Waals surface area contributed by atoms with Crippen LogP contribution in [0.3, 0.4) is 0 Å². The van der Waals surface area contributed by atoms with Gasteiger partial charge in [-0.2, -0.15) is 0 Å². The van der Waals surface area contributed by atoms with Gasteiger partial charge in [0.15, 0.2) is 5.43 Å². The van der Waals surface area contributed by atoms with E-state index in [1.54, 1.807) is 16.2 Å². The van der Waals surface area contributed by atoms with E-state index >= 15 is 0 Å². The van der Waals surface area contributed by atoms with Gasteiger partial charge in [0.1, 0.15) is 5.56 Å². The quantitative estimate of drug-likeness (QED) is 0.932. The zero-order valence-electron chi connectivity index (χ0n) is 11.6. The molecule has 3 rings (SSSR count). The normalized spacial score (nSPS) is 16.1. The van der Waals surface area contributed by atoms with Crippen LogP contribution >= 0.6 is 11.3 Å². The van der Waals surface area contributed by atoms with Gasteiger partial charge >= 0.3 is 0 Å². The van der Waals surface area contributed by atoms with Gasteiger partial charge in [0, 0.05) is 56.1 Å². The summed E-state index contributed by atoms with van der Waals surface area (Å²) in [6.45, 7) is 3.95. The first-order valence-corrected chi connectivity index (χ1v) is 7.83. The molecule has 0 aromatic carbocycles. The van der Waals surface area contributed by atoms with Gasteiger partial charge in [-0.15, -0.1) is 11.3 Å². The maximum absolute atomic E-state index is 12.3. The van der Waals surface area contributed by atoms with Crippen molar-refractivity contribution in [1.29, 1.82) is 0 Å². The van der Waals surface area contributed by atoms with Crippen molar-refractivity contribution in [2.75, 3.05) is 26.2 Å². The highest BCUT2D eigenvalue weighted by molar-refractivity contribution is 7.09. The molecule has 2 aromatic heterocycles. The highest BCUT2D eigenvalue weighted by Gasteiger charge is 2.23. The van der Waals surface area contributed by atoms with Gasteiger partial charge in [0.05, 0.1) is 0 Å². The number of carbonyl (C=O) groups is 1. The average molecular weight is 303 g/mol. The Balaban J connectivity index is 1.59. The molecule has 0 bridgehead atoms. The third-order valence-electron chi connectivity index (χ3n) is 3.67. The fourth-order valence-corrected chi connectivity index (χ4v) is 3.23. The van der Waals surface area contributed by atoms with E-state index in [9.17, 15) is 9.59 Å². The molecule has 0 spiro atoms. The van der Waals surface area contributed by atoms with Crippen LogP contribution in [0.1, 0.15) is 15.2 Å². The molecule has 110 valence electrons. The fourth-order valence-electron chi connectivity index (χ4n) is 2.49. The summed E-state index contributed by atoms with van der Waals surface area (Å²) in [5.41, 5.74) is 0.00368. The number of nitrogens with one attached hydrogen (secondary N) is 1. The number of aromatic nitrogens is 1. The summed E-state index contributed by atoms with van der Waals surface area (Å²) in [7, 11) is 0. The predicted octanol–water partition coefficient (Wildman–Crippen LogP) is 1.39. The first-order valence-electron chi connectivity index (χ1n) is 6.95. The lowest BCUT2D eigenvalue weighted by molar-refractivity contribution is 0.0628. The van der Waals surface area contributed by atoms with Gasteiger partial charge in [-0.1, -0.05) is 6.07 Å². The van der Waals surface area contributed by atoms with Crippen molar-refractivity contribution in [3.63, 3.8) is 0 Å². The summed E-state index contributed by atoms with van der Waals surface area (Å²) in [6.07, 6.45) is 3.03.